The Hall–Kier alpha value is 0.140. The van der Waals surface area contributed by atoms with Crippen molar-refractivity contribution in [2.75, 3.05) is 0 Å². The molecule has 0 unspecified atom stereocenters. The molecule has 0 amide bonds. The predicted octanol–water partition coefficient (Wildman–Crippen LogP) is 3.32. The normalized spacial score (nSPS) is 11.3. The minimum Gasteiger partial charge on any atom is -0.269 e. The second-order valence-electron chi connectivity index (χ2n) is 2.41. The van der Waals surface area contributed by atoms with E-state index in [1.807, 2.05) is 0 Å². The number of unbranched alkanes of at least 4 members (excludes halogenated alkanes) is 1. The van der Waals surface area contributed by atoms with Crippen molar-refractivity contribution in [1.82, 2.24) is 0 Å². The van der Waals surface area contributed by atoms with E-state index in [1.54, 1.807) is 0 Å². The van der Waals surface area contributed by atoms with Gasteiger partial charge in [0.2, 0.25) is 0 Å². The average molecular weight is 360 g/mol. The van der Waals surface area contributed by atoms with Crippen molar-refractivity contribution in [2.24, 2.45) is 0 Å². The SMILES string of the molecule is CCCCC1=[C-]CC=C1.F.F.F.[Hf]. The standard InChI is InChI=1S/C9H13.3FH.Hf/c1-2-3-6-9-7-4-5-8-9;;;;/h4,7H,2-3,5-6H2,1H3;3*1H;/q-1;;;;. The van der Waals surface area contributed by atoms with Gasteiger partial charge in [-0.2, -0.15) is 6.08 Å². The van der Waals surface area contributed by atoms with E-state index >= 15 is 0 Å². The Kier molecular flexibility index (Phi) is 26.1. The first kappa shape index (κ1) is 23.2. The molecule has 0 atom stereocenters. The number of hydrogen-bond donors (Lipinski definition) is 0. The number of rotatable bonds is 3. The molecule has 13 heavy (non-hydrogen) atoms. The van der Waals surface area contributed by atoms with E-state index in [0.29, 0.717) is 0 Å². The first-order chi connectivity index (χ1) is 4.43. The Morgan fingerprint density at radius 3 is 2.31 bits per heavy atom. The quantitative estimate of drug-likeness (QED) is 0.536. The maximum absolute atomic E-state index is 3.30. The van der Waals surface area contributed by atoms with Gasteiger partial charge in [0, 0.05) is 25.8 Å². The van der Waals surface area contributed by atoms with Crippen LogP contribution in [0, 0.1) is 6.08 Å². The second kappa shape index (κ2) is 14.7. The molecule has 1 aliphatic carbocycles. The summed E-state index contributed by atoms with van der Waals surface area (Å²) in [7, 11) is 0. The summed E-state index contributed by atoms with van der Waals surface area (Å²) in [4.78, 5) is 0. The van der Waals surface area contributed by atoms with E-state index in [2.05, 4.69) is 25.2 Å². The van der Waals surface area contributed by atoms with Gasteiger partial charge in [-0.1, -0.05) is 26.2 Å². The Bertz CT molecular complexity index is 144. The summed E-state index contributed by atoms with van der Waals surface area (Å²) in [6.07, 6.45) is 12.5. The van der Waals surface area contributed by atoms with Crippen molar-refractivity contribution in [3.05, 3.63) is 23.8 Å². The largest absolute Gasteiger partial charge is 0.269 e. The molecule has 4 heteroatoms. The van der Waals surface area contributed by atoms with Crippen molar-refractivity contribution in [1.29, 1.82) is 0 Å². The van der Waals surface area contributed by atoms with E-state index in [9.17, 15) is 0 Å². The van der Waals surface area contributed by atoms with Crippen LogP contribution in [0.15, 0.2) is 17.7 Å². The third-order valence-corrected chi connectivity index (χ3v) is 1.57. The van der Waals surface area contributed by atoms with Crippen molar-refractivity contribution in [3.63, 3.8) is 0 Å². The number of hydrogen-bond acceptors (Lipinski definition) is 0. The maximum atomic E-state index is 3.30. The van der Waals surface area contributed by atoms with E-state index in [4.69, 9.17) is 0 Å². The predicted molar refractivity (Wildman–Crippen MR) is 47.5 cm³/mol. The second-order valence-corrected chi connectivity index (χ2v) is 2.41. The van der Waals surface area contributed by atoms with Crippen LogP contribution in [0.1, 0.15) is 32.6 Å². The van der Waals surface area contributed by atoms with Gasteiger partial charge in [-0.05, 0) is 0 Å². The van der Waals surface area contributed by atoms with Gasteiger partial charge >= 0.3 is 0 Å². The molecular formula is C9H16F3Hf-. The summed E-state index contributed by atoms with van der Waals surface area (Å²) in [6, 6.07) is 0. The van der Waals surface area contributed by atoms with Gasteiger partial charge in [0.1, 0.15) is 0 Å². The molecule has 0 spiro atoms. The number of halogens is 3. The fraction of sp³-hybridized carbons (Fsp3) is 0.556. The van der Waals surface area contributed by atoms with Crippen LogP contribution in [-0.4, -0.2) is 0 Å². The summed E-state index contributed by atoms with van der Waals surface area (Å²) in [5.41, 5.74) is 1.41. The Morgan fingerprint density at radius 2 is 1.92 bits per heavy atom. The van der Waals surface area contributed by atoms with Crippen molar-refractivity contribution < 1.29 is 40.0 Å². The molecule has 0 fully saturated rings. The zero-order valence-corrected chi connectivity index (χ0v) is 11.3. The zero-order chi connectivity index (χ0) is 6.53. The monoisotopic (exact) mass is 361 g/mol. The smallest absolute Gasteiger partial charge is 0 e. The zero-order valence-electron chi connectivity index (χ0n) is 7.71. The minimum atomic E-state index is 0. The van der Waals surface area contributed by atoms with Gasteiger partial charge in [0.25, 0.3) is 0 Å². The van der Waals surface area contributed by atoms with Gasteiger partial charge in [-0.15, -0.1) is 6.42 Å². The van der Waals surface area contributed by atoms with Crippen LogP contribution in [0.4, 0.5) is 14.1 Å². The molecule has 0 heterocycles. The molecule has 0 bridgehead atoms. The molecule has 1 rings (SSSR count). The van der Waals surface area contributed by atoms with Crippen molar-refractivity contribution in [3.8, 4) is 0 Å². The van der Waals surface area contributed by atoms with Crippen LogP contribution in [-0.2, 0) is 25.8 Å². The molecule has 78 valence electrons. The van der Waals surface area contributed by atoms with Crippen LogP contribution in [0.5, 0.6) is 0 Å². The third kappa shape index (κ3) is 10.1. The van der Waals surface area contributed by atoms with E-state index in [1.165, 1.54) is 24.8 Å². The van der Waals surface area contributed by atoms with Gasteiger partial charge in [0.05, 0.1) is 0 Å². The van der Waals surface area contributed by atoms with Gasteiger partial charge in [-0.25, -0.2) is 11.6 Å². The van der Waals surface area contributed by atoms with Crippen LogP contribution < -0.4 is 0 Å². The molecule has 0 aromatic rings. The average Bonchev–Trinajstić information content (AvgIpc) is 2.34. The molecule has 0 saturated carbocycles. The molecular weight excluding hydrogens is 344 g/mol. The molecule has 0 aromatic carbocycles. The maximum Gasteiger partial charge on any atom is 0 e. The van der Waals surface area contributed by atoms with Crippen LogP contribution in [0.25, 0.3) is 0 Å². The third-order valence-electron chi connectivity index (χ3n) is 1.57. The molecule has 0 radical (unpaired) electrons. The minimum absolute atomic E-state index is 0. The molecule has 0 saturated heterocycles. The van der Waals surface area contributed by atoms with Crippen LogP contribution >= 0.6 is 0 Å². The molecule has 1 aliphatic rings. The van der Waals surface area contributed by atoms with E-state index in [-0.39, 0.29) is 40.0 Å². The van der Waals surface area contributed by atoms with Gasteiger partial charge in [0.15, 0.2) is 0 Å². The van der Waals surface area contributed by atoms with E-state index < -0.39 is 0 Å². The fourth-order valence-electron chi connectivity index (χ4n) is 0.989. The Labute approximate surface area is 96.4 Å². The summed E-state index contributed by atoms with van der Waals surface area (Å²) in [6.45, 7) is 2.22. The first-order valence-corrected chi connectivity index (χ1v) is 3.69. The fourth-order valence-corrected chi connectivity index (χ4v) is 0.989. The molecule has 0 nitrogen and oxygen atoms in total. The van der Waals surface area contributed by atoms with E-state index in [0.717, 1.165) is 6.42 Å². The first-order valence-electron chi connectivity index (χ1n) is 3.69. The van der Waals surface area contributed by atoms with Gasteiger partial charge < -0.3 is 0 Å². The molecule has 0 N–H and O–H groups in total. The Morgan fingerprint density at radius 1 is 1.31 bits per heavy atom. The molecule has 0 aliphatic heterocycles. The summed E-state index contributed by atoms with van der Waals surface area (Å²) >= 11 is 0. The topological polar surface area (TPSA) is 0 Å². The summed E-state index contributed by atoms with van der Waals surface area (Å²) in [5, 5.41) is 0. The summed E-state index contributed by atoms with van der Waals surface area (Å²) in [5.74, 6) is 0. The van der Waals surface area contributed by atoms with Crippen molar-refractivity contribution >= 4 is 0 Å². The van der Waals surface area contributed by atoms with Crippen LogP contribution in [0.3, 0.4) is 0 Å². The van der Waals surface area contributed by atoms with Gasteiger partial charge in [-0.3, -0.25) is 20.2 Å². The van der Waals surface area contributed by atoms with Crippen molar-refractivity contribution in [2.45, 2.75) is 32.6 Å². The number of allylic oxidation sites excluding steroid dienone is 4. The van der Waals surface area contributed by atoms with Crippen LogP contribution in [0.2, 0.25) is 0 Å². The Balaban J connectivity index is -0.000000101. The summed E-state index contributed by atoms with van der Waals surface area (Å²) < 4.78 is 0. The molecule has 0 aromatic heterocycles.